The van der Waals surface area contributed by atoms with Gasteiger partial charge < -0.3 is 17.1 Å². The van der Waals surface area contributed by atoms with Crippen molar-refractivity contribution in [2.45, 2.75) is 58.8 Å². The Morgan fingerprint density at radius 2 is 1.86 bits per heavy atom. The van der Waals surface area contributed by atoms with Gasteiger partial charge in [0.2, 0.25) is 0 Å². The molecule has 0 radical (unpaired) electrons. The van der Waals surface area contributed by atoms with Gasteiger partial charge in [0.25, 0.3) is 0 Å². The number of aryl methyl sites for hydroxylation is 2. The third-order valence-corrected chi connectivity index (χ3v) is 8.02. The van der Waals surface area contributed by atoms with Gasteiger partial charge >= 0.3 is 0 Å². The van der Waals surface area contributed by atoms with Gasteiger partial charge in [-0.2, -0.15) is 0 Å². The van der Waals surface area contributed by atoms with E-state index in [4.69, 9.17) is 9.72 Å². The third kappa shape index (κ3) is 3.57. The van der Waals surface area contributed by atoms with E-state index in [1.165, 1.54) is 71.1 Å². The predicted molar refractivity (Wildman–Crippen MR) is 119 cm³/mol. The van der Waals surface area contributed by atoms with Crippen molar-refractivity contribution in [1.82, 2.24) is 4.98 Å². The number of pyridine rings is 1. The topological polar surface area (TPSA) is 22.1 Å². The zero-order chi connectivity index (χ0) is 19.3. The molecule has 0 spiro atoms. The molecule has 2 aliphatic rings. The van der Waals surface area contributed by atoms with Crippen molar-refractivity contribution in [2.24, 2.45) is 11.8 Å². The number of halogens is 1. The van der Waals surface area contributed by atoms with Gasteiger partial charge in [-0.1, -0.05) is 32.4 Å². The quantitative estimate of drug-likeness (QED) is 0.638. The number of methoxy groups -OCH3 is 1. The first-order valence-corrected chi connectivity index (χ1v) is 11.6. The molecule has 4 heteroatoms. The molecule has 2 aliphatic carbocycles. The van der Waals surface area contributed by atoms with E-state index in [-0.39, 0.29) is 12.4 Å². The molecule has 3 aromatic rings. The van der Waals surface area contributed by atoms with Crippen LogP contribution in [-0.2, 0) is 25.7 Å². The first-order valence-electron chi connectivity index (χ1n) is 10.8. The van der Waals surface area contributed by atoms with Crippen LogP contribution in [0.5, 0.6) is 5.75 Å². The highest BCUT2D eigenvalue weighted by Gasteiger charge is 2.29. The van der Waals surface area contributed by atoms with E-state index >= 15 is 0 Å². The fourth-order valence-electron chi connectivity index (χ4n) is 5.14. The van der Waals surface area contributed by atoms with E-state index in [2.05, 4.69) is 38.1 Å². The van der Waals surface area contributed by atoms with Gasteiger partial charge in [0.1, 0.15) is 10.6 Å². The van der Waals surface area contributed by atoms with Crippen LogP contribution in [0.4, 0.5) is 0 Å². The number of benzene rings is 1. The summed E-state index contributed by atoms with van der Waals surface area (Å²) in [6.45, 7) is 4.73. The summed E-state index contributed by atoms with van der Waals surface area (Å²) in [7, 11) is 1.74. The SMILES string of the molecule is CCC1CCc2nc3sc4c(c3c(-c3ccc(OC)cc3)c2C1)CCC(C)C4.[Cl-]. The van der Waals surface area contributed by atoms with Crippen molar-refractivity contribution in [3.8, 4) is 16.9 Å². The van der Waals surface area contributed by atoms with Gasteiger partial charge in [0.15, 0.2) is 0 Å². The number of rotatable bonds is 3. The number of aromatic nitrogens is 1. The summed E-state index contributed by atoms with van der Waals surface area (Å²) >= 11 is 1.96. The zero-order valence-corrected chi connectivity index (χ0v) is 19.1. The number of fused-ring (bicyclic) bond motifs is 4. The average molecular weight is 427 g/mol. The number of hydrogen-bond acceptors (Lipinski definition) is 3. The molecule has 0 bridgehead atoms. The molecule has 2 atom stereocenters. The largest absolute Gasteiger partial charge is 1.00 e. The molecule has 0 fully saturated rings. The van der Waals surface area contributed by atoms with E-state index in [1.54, 1.807) is 17.6 Å². The van der Waals surface area contributed by atoms with Crippen LogP contribution >= 0.6 is 11.3 Å². The molecule has 2 unspecified atom stereocenters. The standard InChI is InChI=1S/C25H29NOS.ClH/c1-4-16-6-12-21-20(14-16)23(17-7-9-18(27-3)10-8-17)24-19-11-5-15(2)13-22(19)28-25(24)26-21;/h7-10,15-16H,4-6,11-14H2,1-3H3;1H/p-1. The zero-order valence-electron chi connectivity index (χ0n) is 17.6. The molecule has 29 heavy (non-hydrogen) atoms. The Morgan fingerprint density at radius 1 is 1.07 bits per heavy atom. The van der Waals surface area contributed by atoms with Crippen molar-refractivity contribution in [2.75, 3.05) is 7.11 Å². The molecule has 1 aromatic carbocycles. The van der Waals surface area contributed by atoms with Crippen LogP contribution in [0.15, 0.2) is 24.3 Å². The Hall–Kier alpha value is -1.58. The van der Waals surface area contributed by atoms with Crippen LogP contribution in [-0.4, -0.2) is 12.1 Å². The minimum atomic E-state index is 0. The van der Waals surface area contributed by atoms with Crippen LogP contribution in [0, 0.1) is 11.8 Å². The monoisotopic (exact) mass is 426 g/mol. The second-order valence-electron chi connectivity index (χ2n) is 8.69. The van der Waals surface area contributed by atoms with E-state index in [9.17, 15) is 0 Å². The highest BCUT2D eigenvalue weighted by atomic mass is 35.5. The summed E-state index contributed by atoms with van der Waals surface area (Å²) in [5.41, 5.74) is 7.29. The highest BCUT2D eigenvalue weighted by molar-refractivity contribution is 7.19. The summed E-state index contributed by atoms with van der Waals surface area (Å²) < 4.78 is 5.42. The van der Waals surface area contributed by atoms with Crippen LogP contribution in [0.2, 0.25) is 0 Å². The fraction of sp³-hybridized carbons (Fsp3) is 0.480. The molecule has 0 N–H and O–H groups in total. The predicted octanol–water partition coefficient (Wildman–Crippen LogP) is 3.62. The van der Waals surface area contributed by atoms with Crippen molar-refractivity contribution >= 4 is 21.6 Å². The molecule has 0 saturated heterocycles. The number of thiophene rings is 1. The maximum absolute atomic E-state index is 5.42. The summed E-state index contributed by atoms with van der Waals surface area (Å²) in [4.78, 5) is 8.09. The van der Waals surface area contributed by atoms with Gasteiger partial charge in [-0.3, -0.25) is 0 Å². The normalized spacial score (nSPS) is 20.7. The summed E-state index contributed by atoms with van der Waals surface area (Å²) in [5.74, 6) is 2.51. The second kappa shape index (κ2) is 8.28. The van der Waals surface area contributed by atoms with Crippen molar-refractivity contribution in [3.05, 3.63) is 46.0 Å². The lowest BCUT2D eigenvalue weighted by molar-refractivity contribution is -0.00000606. The Balaban J connectivity index is 0.00000205. The first-order chi connectivity index (χ1) is 13.7. The Kier molecular flexibility index (Phi) is 5.90. The number of nitrogens with zero attached hydrogens (tertiary/aromatic N) is 1. The highest BCUT2D eigenvalue weighted by Crippen LogP contribution is 2.46. The van der Waals surface area contributed by atoms with Gasteiger partial charge in [0, 0.05) is 16.0 Å². The lowest BCUT2D eigenvalue weighted by Gasteiger charge is -2.26. The van der Waals surface area contributed by atoms with E-state index in [1.807, 2.05) is 11.3 Å². The molecule has 0 aliphatic heterocycles. The Morgan fingerprint density at radius 3 is 2.59 bits per heavy atom. The lowest BCUT2D eigenvalue weighted by atomic mass is 9.79. The summed E-state index contributed by atoms with van der Waals surface area (Å²) in [5, 5.41) is 1.47. The molecule has 2 aromatic heterocycles. The minimum absolute atomic E-state index is 0. The molecule has 154 valence electrons. The molecular weight excluding hydrogens is 398 g/mol. The van der Waals surface area contributed by atoms with Crippen LogP contribution in [0.1, 0.15) is 54.8 Å². The molecule has 0 amide bonds. The van der Waals surface area contributed by atoms with E-state index in [0.29, 0.717) is 0 Å². The van der Waals surface area contributed by atoms with Crippen LogP contribution in [0.3, 0.4) is 0 Å². The smallest absolute Gasteiger partial charge is 0.124 e. The molecule has 5 rings (SSSR count). The molecular formula is C25H29ClNOS-. The fourth-order valence-corrected chi connectivity index (χ4v) is 6.55. The van der Waals surface area contributed by atoms with Crippen molar-refractivity contribution in [3.63, 3.8) is 0 Å². The first kappa shape index (κ1) is 20.7. The number of hydrogen-bond donors (Lipinski definition) is 0. The maximum atomic E-state index is 5.42. The third-order valence-electron chi connectivity index (χ3n) is 6.87. The Bertz CT molecular complexity index is 1020. The van der Waals surface area contributed by atoms with Gasteiger partial charge in [-0.05, 0) is 84.7 Å². The minimum Gasteiger partial charge on any atom is -1.00 e. The Labute approximate surface area is 184 Å². The molecule has 2 heterocycles. The summed E-state index contributed by atoms with van der Waals surface area (Å²) in [6.07, 6.45) is 8.58. The second-order valence-corrected chi connectivity index (χ2v) is 9.77. The van der Waals surface area contributed by atoms with Crippen LogP contribution in [0.25, 0.3) is 21.3 Å². The maximum Gasteiger partial charge on any atom is 0.124 e. The number of ether oxygens (including phenoxy) is 1. The summed E-state index contributed by atoms with van der Waals surface area (Å²) in [6, 6.07) is 8.71. The average Bonchev–Trinajstić information content (AvgIpc) is 3.08. The molecule has 0 saturated carbocycles. The van der Waals surface area contributed by atoms with Crippen molar-refractivity contribution < 1.29 is 17.1 Å². The van der Waals surface area contributed by atoms with Gasteiger partial charge in [-0.15, -0.1) is 11.3 Å². The van der Waals surface area contributed by atoms with E-state index < -0.39 is 0 Å². The van der Waals surface area contributed by atoms with E-state index in [0.717, 1.165) is 24.0 Å². The lowest BCUT2D eigenvalue weighted by Crippen LogP contribution is -3.00. The van der Waals surface area contributed by atoms with Crippen molar-refractivity contribution in [1.29, 1.82) is 0 Å². The van der Waals surface area contributed by atoms with Gasteiger partial charge in [0.05, 0.1) is 7.11 Å². The van der Waals surface area contributed by atoms with Crippen LogP contribution < -0.4 is 17.1 Å². The van der Waals surface area contributed by atoms with Gasteiger partial charge in [-0.25, -0.2) is 4.98 Å². The molecule has 2 nitrogen and oxygen atoms in total.